The number of hydrogen-bond acceptors (Lipinski definition) is 4. The highest BCUT2D eigenvalue weighted by Gasteiger charge is 2.21. The van der Waals surface area contributed by atoms with Crippen LogP contribution in [0.2, 0.25) is 0 Å². The van der Waals surface area contributed by atoms with Gasteiger partial charge in [-0.1, -0.05) is 18.2 Å². The van der Waals surface area contributed by atoms with Crippen LogP contribution in [0.25, 0.3) is 0 Å². The van der Waals surface area contributed by atoms with E-state index in [1.807, 2.05) is 23.1 Å². The number of ether oxygens (including phenoxy) is 1. The van der Waals surface area contributed by atoms with Crippen molar-refractivity contribution in [2.75, 3.05) is 37.7 Å². The molecular weight excluding hydrogens is 302 g/mol. The maximum absolute atomic E-state index is 12.3. The molecule has 2 aromatic rings. The molecule has 0 unspecified atom stereocenters. The molecule has 1 aliphatic rings. The van der Waals surface area contributed by atoms with Crippen LogP contribution in [0.1, 0.15) is 5.56 Å². The van der Waals surface area contributed by atoms with Gasteiger partial charge < -0.3 is 14.5 Å². The SMILES string of the molecule is N#Cc1ccc(OCC(=O)N2CCN(c3ccccc3)CC2)cc1. The summed E-state index contributed by atoms with van der Waals surface area (Å²) in [5.41, 5.74) is 1.77. The highest BCUT2D eigenvalue weighted by molar-refractivity contribution is 5.78. The molecule has 5 heteroatoms. The molecule has 1 saturated heterocycles. The van der Waals surface area contributed by atoms with Gasteiger partial charge in [0.1, 0.15) is 5.75 Å². The number of hydrogen-bond donors (Lipinski definition) is 0. The average molecular weight is 321 g/mol. The number of amides is 1. The molecule has 24 heavy (non-hydrogen) atoms. The molecular formula is C19H19N3O2. The minimum atomic E-state index is -0.00734. The Morgan fingerprint density at radius 2 is 1.67 bits per heavy atom. The van der Waals surface area contributed by atoms with Crippen molar-refractivity contribution in [1.82, 2.24) is 4.90 Å². The molecule has 122 valence electrons. The third-order valence-corrected chi connectivity index (χ3v) is 4.10. The van der Waals surface area contributed by atoms with Gasteiger partial charge in [0.25, 0.3) is 5.91 Å². The van der Waals surface area contributed by atoms with Gasteiger partial charge >= 0.3 is 0 Å². The summed E-state index contributed by atoms with van der Waals surface area (Å²) in [5, 5.41) is 8.76. The molecule has 2 aromatic carbocycles. The number of nitrogens with zero attached hydrogens (tertiary/aromatic N) is 3. The number of anilines is 1. The Labute approximate surface area is 141 Å². The van der Waals surface area contributed by atoms with Crippen LogP contribution in [-0.4, -0.2) is 43.6 Å². The highest BCUT2D eigenvalue weighted by atomic mass is 16.5. The number of benzene rings is 2. The molecule has 5 nitrogen and oxygen atoms in total. The second-order valence-corrected chi connectivity index (χ2v) is 5.63. The van der Waals surface area contributed by atoms with E-state index in [0.29, 0.717) is 24.4 Å². The van der Waals surface area contributed by atoms with E-state index in [4.69, 9.17) is 10.00 Å². The van der Waals surface area contributed by atoms with Crippen molar-refractivity contribution in [3.63, 3.8) is 0 Å². The molecule has 0 bridgehead atoms. The van der Waals surface area contributed by atoms with Crippen LogP contribution in [-0.2, 0) is 4.79 Å². The summed E-state index contributed by atoms with van der Waals surface area (Å²) < 4.78 is 5.52. The number of carbonyl (C=O) groups is 1. The molecule has 1 heterocycles. The van der Waals surface area contributed by atoms with Crippen LogP contribution >= 0.6 is 0 Å². The van der Waals surface area contributed by atoms with Crippen LogP contribution in [0.15, 0.2) is 54.6 Å². The van der Waals surface area contributed by atoms with E-state index in [1.54, 1.807) is 24.3 Å². The van der Waals surface area contributed by atoms with Crippen molar-refractivity contribution in [2.24, 2.45) is 0 Å². The van der Waals surface area contributed by atoms with E-state index >= 15 is 0 Å². The molecule has 1 aliphatic heterocycles. The minimum absolute atomic E-state index is 0.00734. The lowest BCUT2D eigenvalue weighted by molar-refractivity contribution is -0.133. The van der Waals surface area contributed by atoms with Crippen molar-refractivity contribution in [1.29, 1.82) is 5.26 Å². The molecule has 0 N–H and O–H groups in total. The maximum Gasteiger partial charge on any atom is 0.260 e. The number of nitriles is 1. The van der Waals surface area contributed by atoms with Crippen LogP contribution in [0.4, 0.5) is 5.69 Å². The molecule has 1 amide bonds. The third-order valence-electron chi connectivity index (χ3n) is 4.10. The molecule has 0 aromatic heterocycles. The topological polar surface area (TPSA) is 56.6 Å². The zero-order valence-electron chi connectivity index (χ0n) is 13.4. The molecule has 0 radical (unpaired) electrons. The summed E-state index contributed by atoms with van der Waals surface area (Å²) in [5.74, 6) is 0.595. The zero-order chi connectivity index (χ0) is 16.8. The second-order valence-electron chi connectivity index (χ2n) is 5.63. The lowest BCUT2D eigenvalue weighted by Gasteiger charge is -2.36. The quantitative estimate of drug-likeness (QED) is 0.867. The number of rotatable bonds is 4. The van der Waals surface area contributed by atoms with Crippen molar-refractivity contribution in [3.8, 4) is 11.8 Å². The van der Waals surface area contributed by atoms with Crippen LogP contribution < -0.4 is 9.64 Å². The Bertz CT molecular complexity index is 715. The molecule has 0 saturated carbocycles. The van der Waals surface area contributed by atoms with Crippen molar-refractivity contribution >= 4 is 11.6 Å². The molecule has 3 rings (SSSR count). The minimum Gasteiger partial charge on any atom is -0.484 e. The van der Waals surface area contributed by atoms with Crippen LogP contribution in [0.5, 0.6) is 5.75 Å². The Morgan fingerprint density at radius 1 is 1.00 bits per heavy atom. The Balaban J connectivity index is 1.47. The molecule has 0 aliphatic carbocycles. The second kappa shape index (κ2) is 7.51. The first-order chi connectivity index (χ1) is 11.8. The number of para-hydroxylation sites is 1. The van der Waals surface area contributed by atoms with Crippen molar-refractivity contribution in [2.45, 2.75) is 0 Å². The van der Waals surface area contributed by atoms with Gasteiger partial charge in [0.05, 0.1) is 11.6 Å². The fourth-order valence-electron chi connectivity index (χ4n) is 2.71. The third kappa shape index (κ3) is 3.85. The average Bonchev–Trinajstić information content (AvgIpc) is 2.67. The highest BCUT2D eigenvalue weighted by Crippen LogP contribution is 2.16. The van der Waals surface area contributed by atoms with Gasteiger partial charge in [-0.05, 0) is 36.4 Å². The van der Waals surface area contributed by atoms with Crippen molar-refractivity contribution < 1.29 is 9.53 Å². The lowest BCUT2D eigenvalue weighted by atomic mass is 10.2. The van der Waals surface area contributed by atoms with Crippen molar-refractivity contribution in [3.05, 3.63) is 60.2 Å². The largest absolute Gasteiger partial charge is 0.484 e. The van der Waals surface area contributed by atoms with Gasteiger partial charge in [0.2, 0.25) is 0 Å². The molecule has 0 spiro atoms. The number of piperazine rings is 1. The predicted molar refractivity (Wildman–Crippen MR) is 91.9 cm³/mol. The first-order valence-corrected chi connectivity index (χ1v) is 7.97. The molecule has 0 atom stereocenters. The lowest BCUT2D eigenvalue weighted by Crippen LogP contribution is -2.50. The summed E-state index contributed by atoms with van der Waals surface area (Å²) in [7, 11) is 0. The monoisotopic (exact) mass is 321 g/mol. The smallest absolute Gasteiger partial charge is 0.260 e. The summed E-state index contributed by atoms with van der Waals surface area (Å²) in [6, 6.07) is 19.1. The zero-order valence-corrected chi connectivity index (χ0v) is 13.4. The van der Waals surface area contributed by atoms with E-state index in [1.165, 1.54) is 5.69 Å². The summed E-state index contributed by atoms with van der Waals surface area (Å²) >= 11 is 0. The van der Waals surface area contributed by atoms with Crippen LogP contribution in [0, 0.1) is 11.3 Å². The van der Waals surface area contributed by atoms with Gasteiger partial charge in [-0.15, -0.1) is 0 Å². The number of carbonyl (C=O) groups excluding carboxylic acids is 1. The normalized spacial score (nSPS) is 14.1. The van der Waals surface area contributed by atoms with E-state index in [-0.39, 0.29) is 12.5 Å². The van der Waals surface area contributed by atoms with E-state index in [2.05, 4.69) is 23.1 Å². The van der Waals surface area contributed by atoms with E-state index in [0.717, 1.165) is 13.1 Å². The van der Waals surface area contributed by atoms with Gasteiger partial charge in [0, 0.05) is 31.9 Å². The summed E-state index contributed by atoms with van der Waals surface area (Å²) in [4.78, 5) is 16.4. The summed E-state index contributed by atoms with van der Waals surface area (Å²) in [6.07, 6.45) is 0. The standard InChI is InChI=1S/C19H19N3O2/c20-14-16-6-8-18(9-7-16)24-15-19(23)22-12-10-21(11-13-22)17-4-2-1-3-5-17/h1-9H,10-13,15H2. The molecule has 1 fully saturated rings. The van der Waals surface area contributed by atoms with Gasteiger partial charge in [-0.2, -0.15) is 5.26 Å². The Hall–Kier alpha value is -3.00. The summed E-state index contributed by atoms with van der Waals surface area (Å²) in [6.45, 7) is 3.07. The Morgan fingerprint density at radius 3 is 2.29 bits per heavy atom. The fraction of sp³-hybridized carbons (Fsp3) is 0.263. The van der Waals surface area contributed by atoms with E-state index < -0.39 is 0 Å². The predicted octanol–water partition coefficient (Wildman–Crippen LogP) is 2.29. The van der Waals surface area contributed by atoms with Gasteiger partial charge in [-0.3, -0.25) is 4.79 Å². The fourth-order valence-corrected chi connectivity index (χ4v) is 2.71. The van der Waals surface area contributed by atoms with Crippen LogP contribution in [0.3, 0.4) is 0 Å². The van der Waals surface area contributed by atoms with Gasteiger partial charge in [-0.25, -0.2) is 0 Å². The van der Waals surface area contributed by atoms with E-state index in [9.17, 15) is 4.79 Å². The van der Waals surface area contributed by atoms with Gasteiger partial charge in [0.15, 0.2) is 6.61 Å². The first kappa shape index (κ1) is 15.9. The first-order valence-electron chi connectivity index (χ1n) is 7.97. The maximum atomic E-state index is 12.3. The Kier molecular flexibility index (Phi) is 4.97.